The molecule has 2 saturated heterocycles. The van der Waals surface area contributed by atoms with Crippen molar-refractivity contribution in [2.24, 2.45) is 5.92 Å². The molecule has 14 heteroatoms. The van der Waals surface area contributed by atoms with Gasteiger partial charge in [0.05, 0.1) is 11.3 Å². The minimum Gasteiger partial charge on any atom is -0.372 e. The molecule has 0 spiro atoms. The molecule has 0 N–H and O–H groups in total. The molecular weight excluding hydrogens is 657 g/mol. The predicted molar refractivity (Wildman–Crippen MR) is 178 cm³/mol. The molecule has 6 rings (SSSR count). The van der Waals surface area contributed by atoms with Crippen LogP contribution < -0.4 is 9.80 Å². The minimum atomic E-state index is -4.96. The van der Waals surface area contributed by atoms with Crippen molar-refractivity contribution in [3.63, 3.8) is 0 Å². The van der Waals surface area contributed by atoms with Crippen molar-refractivity contribution >= 4 is 46.0 Å². The quantitative estimate of drug-likeness (QED) is 0.127. The highest BCUT2D eigenvalue weighted by Crippen LogP contribution is 2.35. The van der Waals surface area contributed by atoms with Crippen molar-refractivity contribution in [2.45, 2.75) is 31.9 Å². The molecule has 262 valence electrons. The van der Waals surface area contributed by atoms with Crippen LogP contribution in [0.15, 0.2) is 66.7 Å². The average molecular weight is 693 g/mol. The number of nitrogens with zero attached hydrogens (tertiary/aromatic N) is 4. The summed E-state index contributed by atoms with van der Waals surface area (Å²) in [7, 11) is 2.04. The molecular formula is C36H35F3N4O7. The number of fused-ring (bicyclic) bond motifs is 1. The zero-order valence-corrected chi connectivity index (χ0v) is 27.3. The lowest BCUT2D eigenvalue weighted by Crippen LogP contribution is -2.44. The number of hydrogen-bond donors (Lipinski definition) is 0. The number of alkyl halides is 3. The fourth-order valence-electron chi connectivity index (χ4n) is 6.24. The highest BCUT2D eigenvalue weighted by Gasteiger charge is 2.47. The summed E-state index contributed by atoms with van der Waals surface area (Å²) in [6.07, 6.45) is -2.63. The molecule has 0 amide bonds. The van der Waals surface area contributed by atoms with Crippen LogP contribution in [0, 0.1) is 16.0 Å². The van der Waals surface area contributed by atoms with E-state index in [1.165, 1.54) is 36.8 Å². The first-order valence-electron chi connectivity index (χ1n) is 16.2. The molecule has 3 aromatic rings. The van der Waals surface area contributed by atoms with Crippen molar-refractivity contribution in [1.29, 1.82) is 0 Å². The summed E-state index contributed by atoms with van der Waals surface area (Å²) in [5.41, 5.74) is 1.54. The van der Waals surface area contributed by atoms with E-state index in [0.717, 1.165) is 63.5 Å². The number of piperidine rings is 1. The molecule has 3 aromatic carbocycles. The average Bonchev–Trinajstić information content (AvgIpc) is 3.37. The standard InChI is InChI=1S/C21H18N2O5.C15H17F3N2O2/c24-19(13-7-9-14(10-8-13)22-11-2-1-3-12-22)18-20(25)15-5-4-6-16(23(27)28)17(15)21(18)26;1-19-6-8-20(9-7-19)12-4-2-11(3-5-12)13(21)10-14(22)15(16,17)18/h4-10,18H,1-3,11-12H2;2-5H,6-10H2,1H3. The van der Waals surface area contributed by atoms with E-state index in [2.05, 4.69) is 14.7 Å². The van der Waals surface area contributed by atoms with Gasteiger partial charge in [-0.1, -0.05) is 12.1 Å². The topological polar surface area (TPSA) is 138 Å². The van der Waals surface area contributed by atoms with Gasteiger partial charge in [0, 0.05) is 73.4 Å². The zero-order valence-electron chi connectivity index (χ0n) is 27.3. The predicted octanol–water partition coefficient (Wildman–Crippen LogP) is 5.61. The number of carbonyl (C=O) groups is 5. The van der Waals surface area contributed by atoms with Crippen molar-refractivity contribution in [2.75, 3.05) is 56.1 Å². The first-order valence-corrected chi connectivity index (χ1v) is 16.2. The van der Waals surface area contributed by atoms with Gasteiger partial charge in [-0.15, -0.1) is 0 Å². The lowest BCUT2D eigenvalue weighted by molar-refractivity contribution is -0.385. The Morgan fingerprint density at radius 1 is 0.760 bits per heavy atom. The summed E-state index contributed by atoms with van der Waals surface area (Å²) in [6.45, 7) is 5.51. The Balaban J connectivity index is 0.000000201. The van der Waals surface area contributed by atoms with Crippen LogP contribution in [0.1, 0.15) is 67.1 Å². The second-order valence-corrected chi connectivity index (χ2v) is 12.4. The third kappa shape index (κ3) is 7.96. The van der Waals surface area contributed by atoms with Gasteiger partial charge >= 0.3 is 6.18 Å². The van der Waals surface area contributed by atoms with Crippen molar-refractivity contribution in [3.8, 4) is 0 Å². The lowest BCUT2D eigenvalue weighted by atomic mass is 9.93. The maximum Gasteiger partial charge on any atom is 0.450 e. The number of piperazine rings is 1. The number of benzene rings is 3. The second-order valence-electron chi connectivity index (χ2n) is 12.4. The Kier molecular flexibility index (Phi) is 10.9. The summed E-state index contributed by atoms with van der Waals surface area (Å²) in [5, 5.41) is 11.2. The molecule has 0 aromatic heterocycles. The Labute approximate surface area is 285 Å². The minimum absolute atomic E-state index is 0.0533. The van der Waals surface area contributed by atoms with Gasteiger partial charge in [0.25, 0.3) is 5.69 Å². The number of hydrogen-bond acceptors (Lipinski definition) is 10. The summed E-state index contributed by atoms with van der Waals surface area (Å²) in [5.74, 6) is -6.46. The number of carbonyl (C=O) groups excluding carboxylic acids is 5. The van der Waals surface area contributed by atoms with E-state index >= 15 is 0 Å². The maximum absolute atomic E-state index is 12.9. The molecule has 0 saturated carbocycles. The highest BCUT2D eigenvalue weighted by atomic mass is 19.4. The first-order chi connectivity index (χ1) is 23.8. The van der Waals surface area contributed by atoms with E-state index in [0.29, 0.717) is 0 Å². The Hall–Kier alpha value is -5.24. The van der Waals surface area contributed by atoms with Crippen LogP contribution >= 0.6 is 0 Å². The van der Waals surface area contributed by atoms with Gasteiger partial charge in [-0.2, -0.15) is 13.2 Å². The first kappa shape index (κ1) is 36.1. The number of anilines is 2. The molecule has 11 nitrogen and oxygen atoms in total. The fraction of sp³-hybridized carbons (Fsp3) is 0.361. The van der Waals surface area contributed by atoms with Crippen LogP contribution in [0.4, 0.5) is 30.2 Å². The van der Waals surface area contributed by atoms with Gasteiger partial charge in [0.15, 0.2) is 23.1 Å². The van der Waals surface area contributed by atoms with Crippen LogP contribution in [0.2, 0.25) is 0 Å². The van der Waals surface area contributed by atoms with Crippen molar-refractivity contribution in [3.05, 3.63) is 99.1 Å². The number of rotatable bonds is 8. The molecule has 2 aliphatic heterocycles. The number of ketones is 5. The van der Waals surface area contributed by atoms with E-state index in [4.69, 9.17) is 0 Å². The molecule has 1 atom stereocenters. The monoisotopic (exact) mass is 692 g/mol. The van der Waals surface area contributed by atoms with Crippen molar-refractivity contribution in [1.82, 2.24) is 4.90 Å². The number of nitro groups is 1. The number of halogens is 3. The maximum atomic E-state index is 12.9. The van der Waals surface area contributed by atoms with E-state index < -0.39 is 58.0 Å². The normalized spacial score (nSPS) is 17.9. The van der Waals surface area contributed by atoms with Gasteiger partial charge in [0.2, 0.25) is 5.78 Å². The Morgan fingerprint density at radius 3 is 1.84 bits per heavy atom. The summed E-state index contributed by atoms with van der Waals surface area (Å²) < 4.78 is 36.5. The Morgan fingerprint density at radius 2 is 1.30 bits per heavy atom. The highest BCUT2D eigenvalue weighted by molar-refractivity contribution is 6.38. The molecule has 1 aliphatic carbocycles. The van der Waals surface area contributed by atoms with E-state index in [9.17, 15) is 47.3 Å². The van der Waals surface area contributed by atoms with Gasteiger partial charge < -0.3 is 14.7 Å². The fourth-order valence-corrected chi connectivity index (χ4v) is 6.24. The molecule has 1 unspecified atom stereocenters. The van der Waals surface area contributed by atoms with E-state index in [-0.39, 0.29) is 22.3 Å². The molecule has 2 heterocycles. The van der Waals surface area contributed by atoms with Gasteiger partial charge in [-0.3, -0.25) is 34.1 Å². The summed E-state index contributed by atoms with van der Waals surface area (Å²) in [6, 6.07) is 17.1. The van der Waals surface area contributed by atoms with Gasteiger partial charge in [-0.25, -0.2) is 0 Å². The van der Waals surface area contributed by atoms with Crippen LogP contribution in [0.3, 0.4) is 0 Å². The van der Waals surface area contributed by atoms with Crippen LogP contribution in [0.25, 0.3) is 0 Å². The molecule has 0 bridgehead atoms. The summed E-state index contributed by atoms with van der Waals surface area (Å²) in [4.78, 5) is 77.8. The Bertz CT molecular complexity index is 1800. The van der Waals surface area contributed by atoms with Gasteiger partial charge in [-0.05, 0) is 74.8 Å². The second kappa shape index (κ2) is 15.1. The van der Waals surface area contributed by atoms with Gasteiger partial charge in [0.1, 0.15) is 11.5 Å². The summed E-state index contributed by atoms with van der Waals surface area (Å²) >= 11 is 0. The lowest BCUT2D eigenvalue weighted by Gasteiger charge is -2.34. The van der Waals surface area contributed by atoms with Crippen LogP contribution in [0.5, 0.6) is 0 Å². The third-order valence-corrected chi connectivity index (χ3v) is 9.11. The van der Waals surface area contributed by atoms with Crippen LogP contribution in [-0.2, 0) is 4.79 Å². The van der Waals surface area contributed by atoms with E-state index in [1.807, 2.05) is 19.2 Å². The van der Waals surface area contributed by atoms with Crippen molar-refractivity contribution < 1.29 is 42.1 Å². The van der Waals surface area contributed by atoms with Crippen LogP contribution in [-0.4, -0.2) is 91.2 Å². The number of likely N-dealkylation sites (N-methyl/N-ethyl adjacent to an activating group) is 1. The molecule has 3 aliphatic rings. The molecule has 2 fully saturated rings. The third-order valence-electron chi connectivity index (χ3n) is 9.11. The smallest absolute Gasteiger partial charge is 0.372 e. The SMILES string of the molecule is CN1CCN(c2ccc(C(=O)CC(=O)C(F)(F)F)cc2)CC1.O=C(c1ccc(N2CCCCC2)cc1)C1C(=O)c2cccc([N+](=O)[O-])c2C1=O. The number of nitro benzene ring substituents is 1. The zero-order chi connectivity index (χ0) is 36.2. The largest absolute Gasteiger partial charge is 0.450 e. The molecule has 0 radical (unpaired) electrons. The van der Waals surface area contributed by atoms with E-state index in [1.54, 1.807) is 24.3 Å². The molecule has 50 heavy (non-hydrogen) atoms. The number of Topliss-reactive ketones (excluding diaryl/α,β-unsaturated/α-hetero) is 5.